The summed E-state index contributed by atoms with van der Waals surface area (Å²) < 4.78 is 18.6. The van der Waals surface area contributed by atoms with E-state index in [2.05, 4.69) is 0 Å². The summed E-state index contributed by atoms with van der Waals surface area (Å²) in [5.74, 6) is -1.88. The van der Waals surface area contributed by atoms with Crippen LogP contribution in [0.4, 0.5) is 4.39 Å². The van der Waals surface area contributed by atoms with E-state index in [-0.39, 0.29) is 29.9 Å². The van der Waals surface area contributed by atoms with Crippen LogP contribution in [0.25, 0.3) is 0 Å². The average molecular weight is 226 g/mol. The van der Waals surface area contributed by atoms with Gasteiger partial charge in [0.1, 0.15) is 11.4 Å². The fourth-order valence-corrected chi connectivity index (χ4v) is 1.82. The second-order valence-corrected chi connectivity index (χ2v) is 4.06. The number of carbonyl (C=O) groups is 1. The molecule has 2 N–H and O–H groups in total. The molecule has 0 unspecified atom stereocenters. The zero-order valence-corrected chi connectivity index (χ0v) is 8.66. The number of aromatic carboxylic acids is 1. The molecule has 0 amide bonds. The van der Waals surface area contributed by atoms with Gasteiger partial charge in [-0.3, -0.25) is 0 Å². The molecule has 1 aliphatic heterocycles. The molecule has 1 atom stereocenters. The third-order valence-corrected chi connectivity index (χ3v) is 2.65. The Morgan fingerprint density at radius 2 is 2.25 bits per heavy atom. The fourth-order valence-electron chi connectivity index (χ4n) is 1.82. The summed E-state index contributed by atoms with van der Waals surface area (Å²) in [6.45, 7) is 1.55. The molecule has 0 aliphatic carbocycles. The van der Waals surface area contributed by atoms with Gasteiger partial charge in [0.15, 0.2) is 0 Å². The number of hydrogen-bond donors (Lipinski definition) is 2. The zero-order chi connectivity index (χ0) is 11.9. The molecule has 0 saturated heterocycles. The number of benzene rings is 1. The van der Waals surface area contributed by atoms with Crippen molar-refractivity contribution in [2.75, 3.05) is 6.61 Å². The average Bonchev–Trinajstić information content (AvgIpc) is 2.18. The second kappa shape index (κ2) is 3.54. The first-order valence-electron chi connectivity index (χ1n) is 4.78. The first-order valence-corrected chi connectivity index (χ1v) is 4.78. The van der Waals surface area contributed by atoms with Crippen LogP contribution in [0, 0.1) is 5.82 Å². The molecule has 0 radical (unpaired) electrons. The van der Waals surface area contributed by atoms with Gasteiger partial charge in [-0.2, -0.15) is 0 Å². The van der Waals surface area contributed by atoms with Crippen molar-refractivity contribution < 1.29 is 24.1 Å². The van der Waals surface area contributed by atoms with Crippen molar-refractivity contribution in [2.45, 2.75) is 19.1 Å². The van der Waals surface area contributed by atoms with Crippen LogP contribution in [0.2, 0.25) is 0 Å². The standard InChI is InChI=1S/C11H11FO4/c1-11(15)5-16-4-7-8(11)2-6(10(13)14)3-9(7)12/h2-3,15H,4-5H2,1H3,(H,13,14)/t11-/m0/s1. The van der Waals surface area contributed by atoms with Crippen LogP contribution in [0.3, 0.4) is 0 Å². The monoisotopic (exact) mass is 226 g/mol. The van der Waals surface area contributed by atoms with Crippen molar-refractivity contribution in [3.63, 3.8) is 0 Å². The van der Waals surface area contributed by atoms with Crippen LogP contribution >= 0.6 is 0 Å². The van der Waals surface area contributed by atoms with Gasteiger partial charge in [-0.15, -0.1) is 0 Å². The highest BCUT2D eigenvalue weighted by atomic mass is 19.1. The summed E-state index contributed by atoms with van der Waals surface area (Å²) in [5, 5.41) is 18.8. The molecule has 1 heterocycles. The summed E-state index contributed by atoms with van der Waals surface area (Å²) in [7, 11) is 0. The second-order valence-electron chi connectivity index (χ2n) is 4.06. The van der Waals surface area contributed by atoms with E-state index in [0.29, 0.717) is 0 Å². The van der Waals surface area contributed by atoms with Gasteiger partial charge >= 0.3 is 5.97 Å². The Labute approximate surface area is 91.3 Å². The van der Waals surface area contributed by atoms with Crippen LogP contribution in [0.15, 0.2) is 12.1 Å². The maximum absolute atomic E-state index is 13.6. The molecule has 2 rings (SSSR count). The summed E-state index contributed by atoms with van der Waals surface area (Å²) >= 11 is 0. The molecule has 0 bridgehead atoms. The lowest BCUT2D eigenvalue weighted by atomic mass is 9.88. The Bertz CT molecular complexity index is 454. The van der Waals surface area contributed by atoms with E-state index in [4.69, 9.17) is 9.84 Å². The number of carboxylic acids is 1. The molecule has 16 heavy (non-hydrogen) atoms. The molecule has 0 spiro atoms. The highest BCUT2D eigenvalue weighted by molar-refractivity contribution is 5.88. The van der Waals surface area contributed by atoms with Crippen LogP contribution in [0.1, 0.15) is 28.4 Å². The van der Waals surface area contributed by atoms with E-state index in [1.165, 1.54) is 13.0 Å². The van der Waals surface area contributed by atoms with Crippen LogP contribution in [-0.2, 0) is 16.9 Å². The molecule has 86 valence electrons. The van der Waals surface area contributed by atoms with Crippen molar-refractivity contribution >= 4 is 5.97 Å². The SMILES string of the molecule is C[C@]1(O)COCc2c(F)cc(C(=O)O)cc21. The third kappa shape index (κ3) is 1.68. The fraction of sp³-hybridized carbons (Fsp3) is 0.364. The number of aliphatic hydroxyl groups is 1. The topological polar surface area (TPSA) is 66.8 Å². The Morgan fingerprint density at radius 1 is 1.56 bits per heavy atom. The molecule has 4 nitrogen and oxygen atoms in total. The molecule has 1 aromatic carbocycles. The maximum Gasteiger partial charge on any atom is 0.335 e. The Hall–Kier alpha value is -1.46. The number of fused-ring (bicyclic) bond motifs is 1. The Morgan fingerprint density at radius 3 is 2.88 bits per heavy atom. The first kappa shape index (κ1) is 11.0. The molecule has 1 aromatic rings. The smallest absolute Gasteiger partial charge is 0.335 e. The number of carboxylic acid groups (broad SMARTS) is 1. The summed E-state index contributed by atoms with van der Waals surface area (Å²) in [6, 6.07) is 2.23. The normalized spacial score (nSPS) is 23.9. The number of ether oxygens (including phenoxy) is 1. The van der Waals surface area contributed by atoms with E-state index in [1.807, 2.05) is 0 Å². The third-order valence-electron chi connectivity index (χ3n) is 2.65. The molecule has 0 aromatic heterocycles. The maximum atomic E-state index is 13.6. The Balaban J connectivity index is 2.64. The minimum Gasteiger partial charge on any atom is -0.478 e. The summed E-state index contributed by atoms with van der Waals surface area (Å²) in [4.78, 5) is 10.8. The van der Waals surface area contributed by atoms with Crippen molar-refractivity contribution in [1.29, 1.82) is 0 Å². The minimum atomic E-state index is -1.35. The van der Waals surface area contributed by atoms with Crippen LogP contribution in [-0.4, -0.2) is 22.8 Å². The van der Waals surface area contributed by atoms with Gasteiger partial charge in [-0.05, 0) is 24.6 Å². The lowest BCUT2D eigenvalue weighted by molar-refractivity contribution is -0.0615. The highest BCUT2D eigenvalue weighted by Crippen LogP contribution is 2.32. The first-order chi connectivity index (χ1) is 7.42. The molecule has 0 fully saturated rings. The molecule has 0 saturated carbocycles. The quantitative estimate of drug-likeness (QED) is 0.756. The van der Waals surface area contributed by atoms with Gasteiger partial charge in [0.2, 0.25) is 0 Å². The van der Waals surface area contributed by atoms with Crippen molar-refractivity contribution in [3.8, 4) is 0 Å². The molecular weight excluding hydrogens is 215 g/mol. The predicted molar refractivity (Wildman–Crippen MR) is 52.6 cm³/mol. The van der Waals surface area contributed by atoms with Gasteiger partial charge in [0.25, 0.3) is 0 Å². The Kier molecular flexibility index (Phi) is 2.44. The van der Waals surface area contributed by atoms with Crippen LogP contribution < -0.4 is 0 Å². The lowest BCUT2D eigenvalue weighted by Gasteiger charge is -2.31. The van der Waals surface area contributed by atoms with Crippen molar-refractivity contribution in [1.82, 2.24) is 0 Å². The molecule has 5 heteroatoms. The van der Waals surface area contributed by atoms with E-state index in [1.54, 1.807) is 0 Å². The van der Waals surface area contributed by atoms with Gasteiger partial charge in [-0.25, -0.2) is 9.18 Å². The number of halogens is 1. The largest absolute Gasteiger partial charge is 0.478 e. The van der Waals surface area contributed by atoms with Gasteiger partial charge in [-0.1, -0.05) is 0 Å². The van der Waals surface area contributed by atoms with E-state index in [0.717, 1.165) is 6.07 Å². The van der Waals surface area contributed by atoms with Crippen LogP contribution in [0.5, 0.6) is 0 Å². The van der Waals surface area contributed by atoms with Crippen molar-refractivity contribution in [3.05, 3.63) is 34.6 Å². The van der Waals surface area contributed by atoms with Gasteiger partial charge in [0, 0.05) is 5.56 Å². The van der Waals surface area contributed by atoms with E-state index < -0.39 is 17.4 Å². The highest BCUT2D eigenvalue weighted by Gasteiger charge is 2.33. The van der Waals surface area contributed by atoms with Gasteiger partial charge in [0.05, 0.1) is 18.8 Å². The van der Waals surface area contributed by atoms with Crippen molar-refractivity contribution in [2.24, 2.45) is 0 Å². The van der Waals surface area contributed by atoms with Gasteiger partial charge < -0.3 is 14.9 Å². The molecule has 1 aliphatic rings. The summed E-state index contributed by atoms with van der Waals surface area (Å²) in [5.41, 5.74) is -1.00. The predicted octanol–water partition coefficient (Wildman–Crippen LogP) is 1.26. The summed E-state index contributed by atoms with van der Waals surface area (Å²) in [6.07, 6.45) is 0. The lowest BCUT2D eigenvalue weighted by Crippen LogP contribution is -2.34. The van der Waals surface area contributed by atoms with E-state index >= 15 is 0 Å². The minimum absolute atomic E-state index is 0.0303. The zero-order valence-electron chi connectivity index (χ0n) is 8.66. The number of rotatable bonds is 1. The van der Waals surface area contributed by atoms with E-state index in [9.17, 15) is 14.3 Å². The molecular formula is C11H11FO4. The number of hydrogen-bond acceptors (Lipinski definition) is 3.